The predicted octanol–water partition coefficient (Wildman–Crippen LogP) is 1.86. The van der Waals surface area contributed by atoms with Crippen molar-refractivity contribution in [2.45, 2.75) is 64.5 Å². The van der Waals surface area contributed by atoms with Gasteiger partial charge in [-0.25, -0.2) is 0 Å². The molecule has 2 N–H and O–H groups in total. The van der Waals surface area contributed by atoms with Gasteiger partial charge in [-0.15, -0.1) is 0 Å². The van der Waals surface area contributed by atoms with Gasteiger partial charge >= 0.3 is 5.97 Å². The standard InChI is InChI=1S/C14H27NO3/c1-11(9-12(16)18-4)15-10-14(17)7-5-13(2,3)6-8-14/h11,15,17H,5-10H2,1-4H3. The first-order chi connectivity index (χ1) is 8.26. The topological polar surface area (TPSA) is 58.6 Å². The second-order valence-corrected chi connectivity index (χ2v) is 6.45. The number of methoxy groups -OCH3 is 1. The van der Waals surface area contributed by atoms with Gasteiger partial charge in [-0.1, -0.05) is 13.8 Å². The Kier molecular flexibility index (Phi) is 5.17. The zero-order valence-electron chi connectivity index (χ0n) is 12.1. The molecule has 0 amide bonds. The minimum atomic E-state index is -0.611. The Labute approximate surface area is 110 Å². The molecule has 0 aliphatic heterocycles. The van der Waals surface area contributed by atoms with Crippen LogP contribution in [0.4, 0.5) is 0 Å². The molecular formula is C14H27NO3. The summed E-state index contributed by atoms with van der Waals surface area (Å²) >= 11 is 0. The van der Waals surface area contributed by atoms with Crippen LogP contribution in [0, 0.1) is 5.41 Å². The van der Waals surface area contributed by atoms with Crippen LogP contribution in [0.25, 0.3) is 0 Å². The SMILES string of the molecule is COC(=O)CC(C)NCC1(O)CCC(C)(C)CC1. The molecular weight excluding hydrogens is 230 g/mol. The second kappa shape index (κ2) is 6.02. The summed E-state index contributed by atoms with van der Waals surface area (Å²) in [6.07, 6.45) is 4.11. The summed E-state index contributed by atoms with van der Waals surface area (Å²) in [6, 6.07) is 0.0383. The third-order valence-electron chi connectivity index (χ3n) is 4.01. The first-order valence-electron chi connectivity index (χ1n) is 6.79. The largest absolute Gasteiger partial charge is 0.469 e. The Morgan fingerprint density at radius 2 is 1.89 bits per heavy atom. The van der Waals surface area contributed by atoms with Crippen molar-refractivity contribution >= 4 is 5.97 Å². The lowest BCUT2D eigenvalue weighted by Gasteiger charge is -2.40. The molecule has 1 atom stereocenters. The van der Waals surface area contributed by atoms with Gasteiger partial charge in [-0.3, -0.25) is 4.79 Å². The van der Waals surface area contributed by atoms with Crippen LogP contribution in [0.1, 0.15) is 52.9 Å². The molecule has 1 unspecified atom stereocenters. The Bertz CT molecular complexity index is 279. The third-order valence-corrected chi connectivity index (χ3v) is 4.01. The van der Waals surface area contributed by atoms with Crippen LogP contribution in [0.15, 0.2) is 0 Å². The van der Waals surface area contributed by atoms with Gasteiger partial charge < -0.3 is 15.2 Å². The molecule has 0 aromatic carbocycles. The summed E-state index contributed by atoms with van der Waals surface area (Å²) in [4.78, 5) is 11.1. The molecule has 0 aromatic rings. The Hall–Kier alpha value is -0.610. The molecule has 1 aliphatic rings. The van der Waals surface area contributed by atoms with E-state index in [0.29, 0.717) is 18.4 Å². The average Bonchev–Trinajstić information content (AvgIpc) is 2.31. The quantitative estimate of drug-likeness (QED) is 0.738. The molecule has 1 saturated carbocycles. The van der Waals surface area contributed by atoms with Crippen LogP contribution >= 0.6 is 0 Å². The highest BCUT2D eigenvalue weighted by Crippen LogP contribution is 2.39. The van der Waals surface area contributed by atoms with E-state index in [1.54, 1.807) is 0 Å². The maximum Gasteiger partial charge on any atom is 0.307 e. The molecule has 4 nitrogen and oxygen atoms in total. The normalized spacial score (nSPS) is 23.4. The second-order valence-electron chi connectivity index (χ2n) is 6.45. The van der Waals surface area contributed by atoms with Crippen LogP contribution in [-0.4, -0.2) is 36.4 Å². The Morgan fingerprint density at radius 3 is 2.39 bits per heavy atom. The van der Waals surface area contributed by atoms with E-state index in [0.717, 1.165) is 25.7 Å². The minimum Gasteiger partial charge on any atom is -0.469 e. The number of aliphatic hydroxyl groups is 1. The van der Waals surface area contributed by atoms with Crippen LogP contribution in [-0.2, 0) is 9.53 Å². The number of carbonyl (C=O) groups excluding carboxylic acids is 1. The van der Waals surface area contributed by atoms with E-state index in [4.69, 9.17) is 0 Å². The van der Waals surface area contributed by atoms with Crippen molar-refractivity contribution in [2.75, 3.05) is 13.7 Å². The number of esters is 1. The van der Waals surface area contributed by atoms with Gasteiger partial charge in [-0.05, 0) is 38.0 Å². The van der Waals surface area contributed by atoms with Crippen molar-refractivity contribution in [3.05, 3.63) is 0 Å². The van der Waals surface area contributed by atoms with E-state index < -0.39 is 5.60 Å². The smallest absolute Gasteiger partial charge is 0.307 e. The fraction of sp³-hybridized carbons (Fsp3) is 0.929. The van der Waals surface area contributed by atoms with Gasteiger partial charge in [0.15, 0.2) is 0 Å². The van der Waals surface area contributed by atoms with E-state index in [2.05, 4.69) is 23.9 Å². The Morgan fingerprint density at radius 1 is 1.33 bits per heavy atom. The molecule has 0 aromatic heterocycles. The maximum absolute atomic E-state index is 11.1. The van der Waals surface area contributed by atoms with Gasteiger partial charge in [-0.2, -0.15) is 0 Å². The van der Waals surface area contributed by atoms with Crippen molar-refractivity contribution in [1.82, 2.24) is 5.32 Å². The highest BCUT2D eigenvalue weighted by molar-refractivity contribution is 5.69. The number of nitrogens with one attached hydrogen (secondary N) is 1. The summed E-state index contributed by atoms with van der Waals surface area (Å²) < 4.78 is 4.62. The first kappa shape index (κ1) is 15.4. The zero-order valence-corrected chi connectivity index (χ0v) is 12.1. The molecule has 106 valence electrons. The number of carbonyl (C=O) groups is 1. The van der Waals surface area contributed by atoms with Crippen LogP contribution in [0.2, 0.25) is 0 Å². The number of ether oxygens (including phenoxy) is 1. The monoisotopic (exact) mass is 257 g/mol. The molecule has 18 heavy (non-hydrogen) atoms. The minimum absolute atomic E-state index is 0.0383. The van der Waals surface area contributed by atoms with Crippen molar-refractivity contribution in [3.63, 3.8) is 0 Å². The molecule has 0 bridgehead atoms. The molecule has 1 aliphatic carbocycles. The predicted molar refractivity (Wildman–Crippen MR) is 71.3 cm³/mol. The van der Waals surface area contributed by atoms with Gasteiger partial charge in [0.1, 0.15) is 0 Å². The van der Waals surface area contributed by atoms with Crippen molar-refractivity contribution < 1.29 is 14.6 Å². The molecule has 1 rings (SSSR count). The third kappa shape index (κ3) is 4.94. The van der Waals surface area contributed by atoms with Crippen molar-refractivity contribution in [2.24, 2.45) is 5.41 Å². The molecule has 0 radical (unpaired) electrons. The summed E-state index contributed by atoms with van der Waals surface area (Å²) in [7, 11) is 1.39. The summed E-state index contributed by atoms with van der Waals surface area (Å²) in [5.74, 6) is -0.216. The lowest BCUT2D eigenvalue weighted by Crippen LogP contribution is -2.47. The molecule has 0 saturated heterocycles. The lowest BCUT2D eigenvalue weighted by atomic mass is 9.71. The molecule has 4 heteroatoms. The molecule has 1 fully saturated rings. The first-order valence-corrected chi connectivity index (χ1v) is 6.79. The van der Waals surface area contributed by atoms with Crippen molar-refractivity contribution in [1.29, 1.82) is 0 Å². The van der Waals surface area contributed by atoms with Crippen LogP contribution in [0.5, 0.6) is 0 Å². The average molecular weight is 257 g/mol. The fourth-order valence-electron chi connectivity index (χ4n) is 2.34. The number of rotatable bonds is 5. The van der Waals surface area contributed by atoms with E-state index in [-0.39, 0.29) is 12.0 Å². The van der Waals surface area contributed by atoms with Crippen molar-refractivity contribution in [3.8, 4) is 0 Å². The van der Waals surface area contributed by atoms with E-state index in [1.807, 2.05) is 6.92 Å². The van der Waals surface area contributed by atoms with Gasteiger partial charge in [0.25, 0.3) is 0 Å². The zero-order chi connectivity index (χ0) is 13.8. The number of hydrogen-bond acceptors (Lipinski definition) is 4. The summed E-state index contributed by atoms with van der Waals surface area (Å²) in [5.41, 5.74) is -0.260. The van der Waals surface area contributed by atoms with Gasteiger partial charge in [0.05, 0.1) is 19.1 Å². The van der Waals surface area contributed by atoms with E-state index in [9.17, 15) is 9.90 Å². The molecule has 0 heterocycles. The lowest BCUT2D eigenvalue weighted by molar-refractivity contribution is -0.141. The van der Waals surface area contributed by atoms with Gasteiger partial charge in [0.2, 0.25) is 0 Å². The van der Waals surface area contributed by atoms with E-state index in [1.165, 1.54) is 7.11 Å². The van der Waals surface area contributed by atoms with Crippen LogP contribution < -0.4 is 5.32 Å². The number of hydrogen-bond donors (Lipinski definition) is 2. The van der Waals surface area contributed by atoms with Crippen LogP contribution in [0.3, 0.4) is 0 Å². The maximum atomic E-state index is 11.1. The fourth-order valence-corrected chi connectivity index (χ4v) is 2.34. The van der Waals surface area contributed by atoms with E-state index >= 15 is 0 Å². The van der Waals surface area contributed by atoms with Gasteiger partial charge in [0, 0.05) is 12.6 Å². The highest BCUT2D eigenvalue weighted by atomic mass is 16.5. The summed E-state index contributed by atoms with van der Waals surface area (Å²) in [6.45, 7) is 6.99. The highest BCUT2D eigenvalue weighted by Gasteiger charge is 2.36. The molecule has 0 spiro atoms. The summed E-state index contributed by atoms with van der Waals surface area (Å²) in [5, 5.41) is 13.7. The Balaban J connectivity index is 2.32.